The Morgan fingerprint density at radius 1 is 1.23 bits per heavy atom. The van der Waals surface area contributed by atoms with E-state index in [1.807, 2.05) is 12.1 Å². The molecule has 0 aliphatic heterocycles. The summed E-state index contributed by atoms with van der Waals surface area (Å²) in [7, 11) is 0. The van der Waals surface area contributed by atoms with Crippen LogP contribution in [-0.4, -0.2) is 30.1 Å². The second-order valence-corrected chi connectivity index (χ2v) is 6.30. The quantitative estimate of drug-likeness (QED) is 0.292. The van der Waals surface area contributed by atoms with Crippen molar-refractivity contribution in [2.24, 2.45) is 4.99 Å². The second kappa shape index (κ2) is 10.4. The van der Waals surface area contributed by atoms with Crippen molar-refractivity contribution < 1.29 is 4.42 Å². The Kier molecular flexibility index (Phi) is 8.15. The van der Waals surface area contributed by atoms with E-state index in [1.54, 1.807) is 6.26 Å². The van der Waals surface area contributed by atoms with E-state index < -0.39 is 0 Å². The lowest BCUT2D eigenvalue weighted by Crippen LogP contribution is -2.42. The molecule has 26 heavy (non-hydrogen) atoms. The normalized spacial score (nSPS) is 14.3. The summed E-state index contributed by atoms with van der Waals surface area (Å²) in [5.41, 5.74) is 3.16. The predicted octanol–water partition coefficient (Wildman–Crippen LogP) is 4.08. The number of aromatic nitrogens is 1. The van der Waals surface area contributed by atoms with E-state index in [1.165, 1.54) is 5.56 Å². The molecule has 0 radical (unpaired) electrons. The highest BCUT2D eigenvalue weighted by Crippen LogP contribution is 2.19. The molecule has 3 rings (SSSR count). The third-order valence-electron chi connectivity index (χ3n) is 4.18. The van der Waals surface area contributed by atoms with Gasteiger partial charge in [0, 0.05) is 31.1 Å². The van der Waals surface area contributed by atoms with E-state index in [0.29, 0.717) is 18.5 Å². The number of hydrogen-bond donors (Lipinski definition) is 2. The van der Waals surface area contributed by atoms with Gasteiger partial charge in [0.1, 0.15) is 6.26 Å². The van der Waals surface area contributed by atoms with Gasteiger partial charge in [-0.3, -0.25) is 4.99 Å². The molecular weight excluding hydrogens is 439 g/mol. The number of oxazole rings is 1. The van der Waals surface area contributed by atoms with Gasteiger partial charge in [-0.2, -0.15) is 0 Å². The molecule has 1 heterocycles. The molecule has 2 N–H and O–H groups in total. The predicted molar refractivity (Wildman–Crippen MR) is 117 cm³/mol. The second-order valence-electron chi connectivity index (χ2n) is 6.30. The number of nitrogens with one attached hydrogen (secondary N) is 2. The van der Waals surface area contributed by atoms with Crippen LogP contribution in [0.1, 0.15) is 31.0 Å². The zero-order chi connectivity index (χ0) is 17.5. The van der Waals surface area contributed by atoms with Gasteiger partial charge in [-0.1, -0.05) is 29.8 Å². The Labute approximate surface area is 172 Å². The fourth-order valence-electron chi connectivity index (χ4n) is 2.78. The van der Waals surface area contributed by atoms with Gasteiger partial charge in [-0.15, -0.1) is 24.0 Å². The number of aliphatic imine (C=N–C) groups is 1. The molecule has 0 unspecified atom stereocenters. The highest BCUT2D eigenvalue weighted by atomic mass is 127. The third kappa shape index (κ3) is 5.86. The maximum absolute atomic E-state index is 5.60. The molecule has 5 nitrogen and oxygen atoms in total. The minimum atomic E-state index is 0. The summed E-state index contributed by atoms with van der Waals surface area (Å²) in [4.78, 5) is 9.22. The molecule has 1 aliphatic carbocycles. The smallest absolute Gasteiger partial charge is 0.226 e. The topological polar surface area (TPSA) is 62.5 Å². The highest BCUT2D eigenvalue weighted by Gasteiger charge is 2.11. The van der Waals surface area contributed by atoms with E-state index >= 15 is 0 Å². The van der Waals surface area contributed by atoms with Gasteiger partial charge in [-0.05, 0) is 38.8 Å². The first-order chi connectivity index (χ1) is 12.2. The average molecular weight is 466 g/mol. The first-order valence-electron chi connectivity index (χ1n) is 8.96. The number of guanidine groups is 1. The maximum Gasteiger partial charge on any atom is 0.226 e. The van der Waals surface area contributed by atoms with Gasteiger partial charge in [0.25, 0.3) is 0 Å². The Hall–Kier alpha value is -1.83. The fourth-order valence-corrected chi connectivity index (χ4v) is 2.78. The SMILES string of the molecule is CCNC(=NCCc1coc(-c2ccc(C)cc2)n1)NC1CC=CC1.I. The van der Waals surface area contributed by atoms with Crippen LogP contribution < -0.4 is 10.6 Å². The number of rotatable bonds is 6. The van der Waals surface area contributed by atoms with Crippen LogP contribution in [0.25, 0.3) is 11.5 Å². The van der Waals surface area contributed by atoms with Crippen LogP contribution in [-0.2, 0) is 6.42 Å². The standard InChI is InChI=1S/C20H26N4O.HI/c1-3-21-20(24-17-6-4-5-7-17)22-13-12-18-14-25-19(23-18)16-10-8-15(2)9-11-16;/h4-5,8-11,14,17H,3,6-7,12-13H2,1-2H3,(H2,21,22,24);1H. The molecule has 0 saturated carbocycles. The van der Waals surface area contributed by atoms with Crippen molar-refractivity contribution in [2.45, 2.75) is 39.2 Å². The fraction of sp³-hybridized carbons (Fsp3) is 0.400. The lowest BCUT2D eigenvalue weighted by atomic mass is 10.1. The van der Waals surface area contributed by atoms with Gasteiger partial charge < -0.3 is 15.1 Å². The summed E-state index contributed by atoms with van der Waals surface area (Å²) >= 11 is 0. The van der Waals surface area contributed by atoms with Crippen molar-refractivity contribution in [1.82, 2.24) is 15.6 Å². The van der Waals surface area contributed by atoms with Gasteiger partial charge in [0.05, 0.1) is 5.69 Å². The number of halogens is 1. The van der Waals surface area contributed by atoms with Gasteiger partial charge in [0.2, 0.25) is 5.89 Å². The highest BCUT2D eigenvalue weighted by molar-refractivity contribution is 14.0. The average Bonchev–Trinajstić information content (AvgIpc) is 3.28. The third-order valence-corrected chi connectivity index (χ3v) is 4.18. The van der Waals surface area contributed by atoms with Crippen LogP contribution in [0.2, 0.25) is 0 Å². The molecule has 0 atom stereocenters. The Morgan fingerprint density at radius 3 is 2.65 bits per heavy atom. The summed E-state index contributed by atoms with van der Waals surface area (Å²) in [6, 6.07) is 8.65. The molecule has 1 aromatic carbocycles. The van der Waals surface area contributed by atoms with Crippen LogP contribution in [0.5, 0.6) is 0 Å². The minimum absolute atomic E-state index is 0. The van der Waals surface area contributed by atoms with Crippen LogP contribution in [0, 0.1) is 6.92 Å². The zero-order valence-corrected chi connectivity index (χ0v) is 17.7. The molecule has 6 heteroatoms. The molecule has 2 aromatic rings. The summed E-state index contributed by atoms with van der Waals surface area (Å²) in [6.45, 7) is 5.68. The zero-order valence-electron chi connectivity index (χ0n) is 15.4. The molecule has 0 bridgehead atoms. The van der Waals surface area contributed by atoms with Gasteiger partial charge >= 0.3 is 0 Å². The van der Waals surface area contributed by atoms with Crippen LogP contribution >= 0.6 is 24.0 Å². The molecule has 0 fully saturated rings. The molecule has 0 spiro atoms. The summed E-state index contributed by atoms with van der Waals surface area (Å²) in [6.07, 6.45) is 9.04. The summed E-state index contributed by atoms with van der Waals surface area (Å²) in [5.74, 6) is 1.54. The Bertz CT molecular complexity index is 729. The molecular formula is C20H27IN4O. The largest absolute Gasteiger partial charge is 0.444 e. The van der Waals surface area contributed by atoms with Crippen molar-refractivity contribution in [2.75, 3.05) is 13.1 Å². The van der Waals surface area contributed by atoms with Gasteiger partial charge in [-0.25, -0.2) is 4.98 Å². The summed E-state index contributed by atoms with van der Waals surface area (Å²) in [5, 5.41) is 6.77. The van der Waals surface area contributed by atoms with Crippen molar-refractivity contribution in [3.8, 4) is 11.5 Å². The first kappa shape index (κ1) is 20.5. The van der Waals surface area contributed by atoms with E-state index in [9.17, 15) is 0 Å². The lowest BCUT2D eigenvalue weighted by Gasteiger charge is -2.16. The van der Waals surface area contributed by atoms with E-state index in [0.717, 1.165) is 43.0 Å². The number of hydrogen-bond acceptors (Lipinski definition) is 3. The minimum Gasteiger partial charge on any atom is -0.444 e. The lowest BCUT2D eigenvalue weighted by molar-refractivity contribution is 0.572. The summed E-state index contributed by atoms with van der Waals surface area (Å²) < 4.78 is 5.60. The number of benzene rings is 1. The molecule has 1 aliphatic rings. The molecule has 0 amide bonds. The van der Waals surface area contributed by atoms with Crippen molar-refractivity contribution in [3.63, 3.8) is 0 Å². The Morgan fingerprint density at radius 2 is 1.96 bits per heavy atom. The van der Waals surface area contributed by atoms with Gasteiger partial charge in [0.15, 0.2) is 5.96 Å². The molecule has 0 saturated heterocycles. The Balaban J connectivity index is 0.00000243. The van der Waals surface area contributed by atoms with E-state index in [4.69, 9.17) is 4.42 Å². The van der Waals surface area contributed by atoms with Crippen LogP contribution in [0.15, 0.2) is 52.1 Å². The van der Waals surface area contributed by atoms with Crippen LogP contribution in [0.3, 0.4) is 0 Å². The number of nitrogens with zero attached hydrogens (tertiary/aromatic N) is 2. The monoisotopic (exact) mass is 466 g/mol. The van der Waals surface area contributed by atoms with E-state index in [2.05, 4.69) is 58.7 Å². The van der Waals surface area contributed by atoms with Crippen molar-refractivity contribution in [1.29, 1.82) is 0 Å². The van der Waals surface area contributed by atoms with Crippen LogP contribution in [0.4, 0.5) is 0 Å². The molecule has 140 valence electrons. The van der Waals surface area contributed by atoms with E-state index in [-0.39, 0.29) is 24.0 Å². The van der Waals surface area contributed by atoms with Crippen molar-refractivity contribution in [3.05, 3.63) is 53.9 Å². The maximum atomic E-state index is 5.60. The molecule has 1 aromatic heterocycles. The first-order valence-corrected chi connectivity index (χ1v) is 8.96. The van der Waals surface area contributed by atoms with Crippen molar-refractivity contribution >= 4 is 29.9 Å². The number of aryl methyl sites for hydroxylation is 1.